The largest absolute Gasteiger partial charge is 0.378 e. The van der Waals surface area contributed by atoms with E-state index < -0.39 is 0 Å². The molecule has 0 aliphatic carbocycles. The molecule has 0 unspecified atom stereocenters. The molecule has 6 nitrogen and oxygen atoms in total. The number of hydrogen-bond donors (Lipinski definition) is 0. The van der Waals surface area contributed by atoms with Gasteiger partial charge in [0.1, 0.15) is 16.5 Å². The van der Waals surface area contributed by atoms with Crippen LogP contribution in [0, 0.1) is 13.8 Å². The molecule has 1 amide bonds. The summed E-state index contributed by atoms with van der Waals surface area (Å²) in [6.07, 6.45) is 2.02. The zero-order valence-corrected chi connectivity index (χ0v) is 17.6. The van der Waals surface area contributed by atoms with Crippen molar-refractivity contribution in [2.45, 2.75) is 26.7 Å². The number of benzene rings is 1. The van der Waals surface area contributed by atoms with Gasteiger partial charge in [-0.3, -0.25) is 4.79 Å². The summed E-state index contributed by atoms with van der Waals surface area (Å²) in [5.74, 6) is 1.74. The second-order valence-electron chi connectivity index (χ2n) is 7.62. The third-order valence-electron chi connectivity index (χ3n) is 5.74. The number of hydrogen-bond acceptors (Lipinski definition) is 6. The molecule has 0 spiro atoms. The number of amides is 1. The number of para-hydroxylation sites is 1. The van der Waals surface area contributed by atoms with Crippen LogP contribution in [0.25, 0.3) is 10.2 Å². The molecule has 2 aliphatic rings. The number of rotatable bonds is 2. The summed E-state index contributed by atoms with van der Waals surface area (Å²) in [5, 5.41) is 1.01. The van der Waals surface area contributed by atoms with E-state index in [1.807, 2.05) is 30.9 Å². The van der Waals surface area contributed by atoms with E-state index in [1.165, 1.54) is 16.9 Å². The molecule has 7 heteroatoms. The summed E-state index contributed by atoms with van der Waals surface area (Å²) in [5.41, 5.74) is 3.27. The van der Waals surface area contributed by atoms with Crippen LogP contribution in [-0.2, 0) is 11.2 Å². The van der Waals surface area contributed by atoms with Crippen molar-refractivity contribution < 1.29 is 9.53 Å². The number of aromatic nitrogens is 2. The van der Waals surface area contributed by atoms with Crippen molar-refractivity contribution in [3.63, 3.8) is 0 Å². The van der Waals surface area contributed by atoms with Crippen molar-refractivity contribution in [1.29, 1.82) is 0 Å². The average molecular weight is 409 g/mol. The highest BCUT2D eigenvalue weighted by Crippen LogP contribution is 2.38. The lowest BCUT2D eigenvalue weighted by atomic mass is 10.0. The number of nitrogens with zero attached hydrogens (tertiary/aromatic N) is 4. The van der Waals surface area contributed by atoms with Crippen LogP contribution in [0.5, 0.6) is 0 Å². The van der Waals surface area contributed by atoms with Gasteiger partial charge in [0.25, 0.3) is 5.91 Å². The van der Waals surface area contributed by atoms with Crippen LogP contribution < -0.4 is 9.80 Å². The Kier molecular flexibility index (Phi) is 4.72. The Balaban J connectivity index is 1.60. The second-order valence-corrected chi connectivity index (χ2v) is 8.62. The third kappa shape index (κ3) is 3.18. The van der Waals surface area contributed by atoms with Gasteiger partial charge in [0.05, 0.1) is 23.5 Å². The van der Waals surface area contributed by atoms with Gasteiger partial charge in [0.15, 0.2) is 0 Å². The Morgan fingerprint density at radius 1 is 1.10 bits per heavy atom. The molecule has 29 heavy (non-hydrogen) atoms. The summed E-state index contributed by atoms with van der Waals surface area (Å²) in [6, 6.07) is 8.23. The first kappa shape index (κ1) is 18.5. The Bertz CT molecular complexity index is 1090. The molecule has 0 atom stereocenters. The highest BCUT2D eigenvalue weighted by Gasteiger charge is 2.29. The van der Waals surface area contributed by atoms with Crippen LogP contribution >= 0.6 is 11.3 Å². The Morgan fingerprint density at radius 2 is 1.90 bits per heavy atom. The zero-order valence-electron chi connectivity index (χ0n) is 16.8. The minimum Gasteiger partial charge on any atom is -0.378 e. The van der Waals surface area contributed by atoms with E-state index in [2.05, 4.69) is 22.0 Å². The molecule has 0 radical (unpaired) electrons. The van der Waals surface area contributed by atoms with Gasteiger partial charge < -0.3 is 14.5 Å². The topological polar surface area (TPSA) is 58.6 Å². The van der Waals surface area contributed by atoms with Crippen molar-refractivity contribution >= 4 is 39.0 Å². The summed E-state index contributed by atoms with van der Waals surface area (Å²) < 4.78 is 5.51. The summed E-state index contributed by atoms with van der Waals surface area (Å²) >= 11 is 1.49. The molecule has 4 heterocycles. The molecule has 1 fully saturated rings. The van der Waals surface area contributed by atoms with Crippen molar-refractivity contribution in [2.75, 3.05) is 42.6 Å². The highest BCUT2D eigenvalue weighted by molar-refractivity contribution is 7.20. The Labute approximate surface area is 174 Å². The van der Waals surface area contributed by atoms with Gasteiger partial charge in [0, 0.05) is 25.3 Å². The van der Waals surface area contributed by atoms with E-state index in [-0.39, 0.29) is 5.91 Å². The van der Waals surface area contributed by atoms with E-state index in [4.69, 9.17) is 9.72 Å². The summed E-state index contributed by atoms with van der Waals surface area (Å²) in [7, 11) is 0. The van der Waals surface area contributed by atoms with Crippen molar-refractivity contribution in [3.8, 4) is 0 Å². The van der Waals surface area contributed by atoms with E-state index in [1.54, 1.807) is 0 Å². The number of carbonyl (C=O) groups excluding carboxylic acids is 1. The molecule has 1 aromatic carbocycles. The van der Waals surface area contributed by atoms with Gasteiger partial charge in [0.2, 0.25) is 0 Å². The second kappa shape index (κ2) is 7.39. The first-order valence-corrected chi connectivity index (χ1v) is 11.0. The molecule has 5 rings (SSSR count). The number of ether oxygens (including phenoxy) is 1. The molecule has 2 aliphatic heterocycles. The van der Waals surface area contributed by atoms with E-state index in [0.717, 1.165) is 70.5 Å². The lowest BCUT2D eigenvalue weighted by Gasteiger charge is -2.29. The number of anilines is 2. The predicted molar refractivity (Wildman–Crippen MR) is 116 cm³/mol. The van der Waals surface area contributed by atoms with E-state index in [9.17, 15) is 4.79 Å². The molecule has 0 N–H and O–H groups in total. The van der Waals surface area contributed by atoms with Crippen molar-refractivity contribution in [1.82, 2.24) is 9.97 Å². The van der Waals surface area contributed by atoms with Gasteiger partial charge >= 0.3 is 0 Å². The maximum atomic E-state index is 13.6. The van der Waals surface area contributed by atoms with Crippen molar-refractivity contribution in [3.05, 3.63) is 46.1 Å². The normalized spacial score (nSPS) is 16.9. The summed E-state index contributed by atoms with van der Waals surface area (Å²) in [6.45, 7) is 7.72. The number of morpholine rings is 1. The van der Waals surface area contributed by atoms with Gasteiger partial charge in [-0.2, -0.15) is 0 Å². The van der Waals surface area contributed by atoms with E-state index >= 15 is 0 Å². The number of carbonyl (C=O) groups is 1. The van der Waals surface area contributed by atoms with Gasteiger partial charge in [-0.05, 0) is 43.9 Å². The average Bonchev–Trinajstić information content (AvgIpc) is 3.09. The predicted octanol–water partition coefficient (Wildman–Crippen LogP) is 3.74. The quantitative estimate of drug-likeness (QED) is 0.647. The van der Waals surface area contributed by atoms with Crippen LogP contribution in [0.15, 0.2) is 24.3 Å². The zero-order chi connectivity index (χ0) is 20.0. The van der Waals surface area contributed by atoms with Gasteiger partial charge in [-0.1, -0.05) is 18.2 Å². The van der Waals surface area contributed by atoms with Crippen LogP contribution in [0.3, 0.4) is 0 Å². The van der Waals surface area contributed by atoms with Crippen LogP contribution in [0.4, 0.5) is 11.5 Å². The minimum atomic E-state index is 0.0724. The molecule has 3 aromatic rings. The first-order chi connectivity index (χ1) is 14.1. The number of thiophene rings is 1. The molecular formula is C22H24N4O2S. The van der Waals surface area contributed by atoms with Gasteiger partial charge in [-0.15, -0.1) is 11.3 Å². The fraction of sp³-hybridized carbons (Fsp3) is 0.409. The maximum Gasteiger partial charge on any atom is 0.268 e. The van der Waals surface area contributed by atoms with Crippen LogP contribution in [0.1, 0.15) is 33.0 Å². The highest BCUT2D eigenvalue weighted by atomic mass is 32.1. The Morgan fingerprint density at radius 3 is 2.72 bits per heavy atom. The van der Waals surface area contributed by atoms with Gasteiger partial charge in [-0.25, -0.2) is 9.97 Å². The number of fused-ring (bicyclic) bond motifs is 2. The van der Waals surface area contributed by atoms with Crippen molar-refractivity contribution in [2.24, 2.45) is 0 Å². The molecule has 1 saturated heterocycles. The molecule has 0 bridgehead atoms. The minimum absolute atomic E-state index is 0.0724. The molecular weight excluding hydrogens is 384 g/mol. The summed E-state index contributed by atoms with van der Waals surface area (Å²) in [4.78, 5) is 28.8. The van der Waals surface area contributed by atoms with Crippen LogP contribution in [0.2, 0.25) is 0 Å². The maximum absolute atomic E-state index is 13.6. The fourth-order valence-corrected chi connectivity index (χ4v) is 5.47. The Hall–Kier alpha value is -2.51. The lowest BCUT2D eigenvalue weighted by molar-refractivity contribution is 0.0988. The molecule has 150 valence electrons. The lowest BCUT2D eigenvalue weighted by Crippen LogP contribution is -2.37. The smallest absolute Gasteiger partial charge is 0.268 e. The van der Waals surface area contributed by atoms with E-state index in [0.29, 0.717) is 13.2 Å². The van der Waals surface area contributed by atoms with Crippen LogP contribution in [-0.4, -0.2) is 48.7 Å². The molecule has 2 aromatic heterocycles. The number of aryl methyl sites for hydroxylation is 3. The fourth-order valence-electron chi connectivity index (χ4n) is 4.30. The molecule has 0 saturated carbocycles. The standard InChI is InChI=1S/C22H24N4O2S/c1-14-18-20(25-10-12-28-13-11-25)23-15(2)24-21(18)29-19(14)22(27)26-9-5-7-16-6-3-4-8-17(16)26/h3-4,6,8H,5,7,9-13H2,1-2H3. The third-order valence-corrected chi connectivity index (χ3v) is 6.92. The monoisotopic (exact) mass is 408 g/mol. The first-order valence-electron chi connectivity index (χ1n) is 10.1. The SMILES string of the molecule is Cc1nc(N2CCOCC2)c2c(C)c(C(=O)N3CCCc4ccccc43)sc2n1.